The van der Waals surface area contributed by atoms with E-state index in [0.717, 1.165) is 22.1 Å². The lowest BCUT2D eigenvalue weighted by molar-refractivity contribution is 0.256. The Labute approximate surface area is 126 Å². The van der Waals surface area contributed by atoms with Crippen LogP contribution in [0.5, 0.6) is 0 Å². The van der Waals surface area contributed by atoms with E-state index in [1.54, 1.807) is 12.7 Å². The molecule has 4 rings (SSSR count). The summed E-state index contributed by atoms with van der Waals surface area (Å²) in [5.41, 5.74) is 12.7. The second-order valence-electron chi connectivity index (χ2n) is 4.24. The summed E-state index contributed by atoms with van der Waals surface area (Å²) in [6, 6.07) is 15.1. The number of rotatable bonds is 0. The fourth-order valence-corrected chi connectivity index (χ4v) is 1.76. The summed E-state index contributed by atoms with van der Waals surface area (Å²) in [4.78, 5) is 23.1. The first-order valence-corrected chi connectivity index (χ1v) is 6.48. The molecule has 0 aliphatic heterocycles. The lowest BCUT2D eigenvalue weighted by atomic mass is 10.3. The summed E-state index contributed by atoms with van der Waals surface area (Å²) >= 11 is 0. The molecule has 0 bridgehead atoms. The smallest absolute Gasteiger partial charge is 0.309 e. The third-order valence-electron chi connectivity index (χ3n) is 2.66. The van der Waals surface area contributed by atoms with Gasteiger partial charge in [0.25, 0.3) is 0 Å². The molecule has 2 aromatic carbocycles. The van der Waals surface area contributed by atoms with Crippen LogP contribution in [0.1, 0.15) is 0 Å². The van der Waals surface area contributed by atoms with Gasteiger partial charge in [-0.3, -0.25) is 0 Å². The Balaban J connectivity index is 0.000000131. The summed E-state index contributed by atoms with van der Waals surface area (Å²) in [5, 5.41) is 0. The summed E-state index contributed by atoms with van der Waals surface area (Å²) in [5.74, 6) is 0. The van der Waals surface area contributed by atoms with Crippen molar-refractivity contribution in [1.29, 1.82) is 0 Å². The lowest BCUT2D eigenvalue weighted by Crippen LogP contribution is -2.18. The van der Waals surface area contributed by atoms with Crippen LogP contribution in [0.25, 0.3) is 22.1 Å². The van der Waals surface area contributed by atoms with Crippen LogP contribution in [-0.2, 0) is 0 Å². The molecule has 0 saturated carbocycles. The van der Waals surface area contributed by atoms with E-state index >= 15 is 0 Å². The molecule has 0 spiro atoms. The number of urea groups is 1. The number of nitrogens with zero attached hydrogens (tertiary/aromatic N) is 2. The molecule has 0 aliphatic carbocycles. The Morgan fingerprint density at radius 2 is 1.14 bits per heavy atom. The molecule has 6 N–H and O–H groups in total. The number of benzene rings is 2. The van der Waals surface area contributed by atoms with Crippen LogP contribution in [-0.4, -0.2) is 26.0 Å². The molecule has 112 valence electrons. The van der Waals surface area contributed by atoms with Crippen LogP contribution < -0.4 is 11.5 Å². The number of H-pyrrole nitrogens is 2. The van der Waals surface area contributed by atoms with Gasteiger partial charge in [0.15, 0.2) is 0 Å². The van der Waals surface area contributed by atoms with Crippen molar-refractivity contribution in [2.45, 2.75) is 0 Å². The van der Waals surface area contributed by atoms with Gasteiger partial charge in [-0.25, -0.2) is 14.8 Å². The SMILES string of the molecule is NC(N)=O.c1ccc2[nH]cnc2c1.c1ccc2[nH]cnc2c1. The van der Waals surface area contributed by atoms with E-state index in [9.17, 15) is 0 Å². The largest absolute Gasteiger partial charge is 0.352 e. The number of hydrogen-bond donors (Lipinski definition) is 4. The molecule has 0 saturated heterocycles. The number of hydrogen-bond acceptors (Lipinski definition) is 3. The molecule has 2 aromatic heterocycles. The van der Waals surface area contributed by atoms with Gasteiger partial charge in [-0.2, -0.15) is 0 Å². The topological polar surface area (TPSA) is 126 Å². The number of fused-ring (bicyclic) bond motifs is 2. The minimum Gasteiger partial charge on any atom is -0.352 e. The molecule has 0 fully saturated rings. The van der Waals surface area contributed by atoms with Crippen LogP contribution in [0.4, 0.5) is 4.79 Å². The summed E-state index contributed by atoms with van der Waals surface area (Å²) < 4.78 is 0. The van der Waals surface area contributed by atoms with Crippen LogP contribution in [0, 0.1) is 0 Å². The zero-order chi connectivity index (χ0) is 15.8. The third-order valence-corrected chi connectivity index (χ3v) is 2.66. The van der Waals surface area contributed by atoms with Crippen molar-refractivity contribution < 1.29 is 4.79 Å². The fourth-order valence-electron chi connectivity index (χ4n) is 1.76. The maximum atomic E-state index is 9.00. The number of nitrogens with two attached hydrogens (primary N) is 2. The summed E-state index contributed by atoms with van der Waals surface area (Å²) in [6.07, 6.45) is 3.40. The molecular weight excluding hydrogens is 280 g/mol. The molecule has 22 heavy (non-hydrogen) atoms. The number of aromatic nitrogens is 4. The van der Waals surface area contributed by atoms with E-state index < -0.39 is 6.03 Å². The van der Waals surface area contributed by atoms with Gasteiger partial charge in [0.1, 0.15) is 0 Å². The van der Waals surface area contributed by atoms with Gasteiger partial charge < -0.3 is 21.4 Å². The van der Waals surface area contributed by atoms with E-state index in [1.807, 2.05) is 48.5 Å². The molecule has 2 amide bonds. The Bertz CT molecular complexity index is 721. The number of para-hydroxylation sites is 4. The number of nitrogens with one attached hydrogen (secondary N) is 2. The third kappa shape index (κ3) is 4.34. The Hall–Kier alpha value is -3.35. The highest BCUT2D eigenvalue weighted by Gasteiger charge is 1.89. The van der Waals surface area contributed by atoms with Gasteiger partial charge in [-0.1, -0.05) is 24.3 Å². The molecule has 7 heteroatoms. The molecule has 0 unspecified atom stereocenters. The van der Waals surface area contributed by atoms with E-state index in [1.165, 1.54) is 0 Å². The molecular formula is C15H16N6O. The van der Waals surface area contributed by atoms with Crippen LogP contribution >= 0.6 is 0 Å². The van der Waals surface area contributed by atoms with Crippen LogP contribution in [0.2, 0.25) is 0 Å². The zero-order valence-corrected chi connectivity index (χ0v) is 11.7. The molecule has 7 nitrogen and oxygen atoms in total. The van der Waals surface area contributed by atoms with Crippen LogP contribution in [0.15, 0.2) is 61.2 Å². The lowest BCUT2D eigenvalue weighted by Gasteiger charge is -1.81. The predicted octanol–water partition coefficient (Wildman–Crippen LogP) is 2.15. The predicted molar refractivity (Wildman–Crippen MR) is 86.0 cm³/mol. The first-order chi connectivity index (χ1) is 10.7. The Morgan fingerprint density at radius 1 is 0.773 bits per heavy atom. The van der Waals surface area contributed by atoms with E-state index in [0.29, 0.717) is 0 Å². The van der Waals surface area contributed by atoms with Gasteiger partial charge in [-0.05, 0) is 24.3 Å². The second kappa shape index (κ2) is 7.44. The zero-order valence-electron chi connectivity index (χ0n) is 11.7. The monoisotopic (exact) mass is 296 g/mol. The quantitative estimate of drug-likeness (QED) is 0.397. The van der Waals surface area contributed by atoms with E-state index in [4.69, 9.17) is 4.79 Å². The number of carbonyl (C=O) groups is 1. The molecule has 0 radical (unpaired) electrons. The highest BCUT2D eigenvalue weighted by molar-refractivity contribution is 5.74. The average molecular weight is 296 g/mol. The van der Waals surface area contributed by atoms with Gasteiger partial charge >= 0.3 is 6.03 Å². The highest BCUT2D eigenvalue weighted by atomic mass is 16.2. The van der Waals surface area contributed by atoms with E-state index in [2.05, 4.69) is 31.4 Å². The minimum absolute atomic E-state index is 0.833. The van der Waals surface area contributed by atoms with E-state index in [-0.39, 0.29) is 0 Å². The van der Waals surface area contributed by atoms with Crippen molar-refractivity contribution in [3.8, 4) is 0 Å². The van der Waals surface area contributed by atoms with Gasteiger partial charge in [0.05, 0.1) is 34.7 Å². The average Bonchev–Trinajstić information content (AvgIpc) is 3.16. The molecule has 4 aromatic rings. The van der Waals surface area contributed by atoms with Crippen molar-refractivity contribution in [2.75, 3.05) is 0 Å². The van der Waals surface area contributed by atoms with Crippen molar-refractivity contribution >= 4 is 28.1 Å². The summed E-state index contributed by atoms with van der Waals surface area (Å²) in [7, 11) is 0. The summed E-state index contributed by atoms with van der Waals surface area (Å²) in [6.45, 7) is 0. The Kier molecular flexibility index (Phi) is 5.09. The number of imidazole rings is 2. The van der Waals surface area contributed by atoms with Gasteiger partial charge in [-0.15, -0.1) is 0 Å². The molecule has 2 heterocycles. The standard InChI is InChI=1S/2C7H6N2.CH4N2O/c2*1-2-4-7-6(3-1)8-5-9-7;2-1(3)4/h2*1-5H,(H,8,9);(H4,2,3,4). The number of primary amides is 2. The van der Waals surface area contributed by atoms with Crippen molar-refractivity contribution in [3.63, 3.8) is 0 Å². The van der Waals surface area contributed by atoms with Crippen molar-refractivity contribution in [3.05, 3.63) is 61.2 Å². The number of aromatic amines is 2. The van der Waals surface area contributed by atoms with Gasteiger partial charge in [0, 0.05) is 0 Å². The molecule has 0 aliphatic rings. The maximum absolute atomic E-state index is 9.00. The van der Waals surface area contributed by atoms with Crippen molar-refractivity contribution in [1.82, 2.24) is 19.9 Å². The normalized spacial score (nSPS) is 9.45. The number of amides is 2. The fraction of sp³-hybridized carbons (Fsp3) is 0. The maximum Gasteiger partial charge on any atom is 0.309 e. The van der Waals surface area contributed by atoms with Gasteiger partial charge in [0.2, 0.25) is 0 Å². The second-order valence-corrected chi connectivity index (χ2v) is 4.24. The van der Waals surface area contributed by atoms with Crippen molar-refractivity contribution in [2.24, 2.45) is 11.5 Å². The van der Waals surface area contributed by atoms with Crippen LogP contribution in [0.3, 0.4) is 0 Å². The highest BCUT2D eigenvalue weighted by Crippen LogP contribution is 2.06. The molecule has 0 atom stereocenters. The Morgan fingerprint density at radius 3 is 1.50 bits per heavy atom. The first kappa shape index (κ1) is 15.0. The first-order valence-electron chi connectivity index (χ1n) is 6.48. The number of carbonyl (C=O) groups excluding carboxylic acids is 1. The minimum atomic E-state index is -0.833.